The molecule has 1 heterocycles. The molecule has 0 bridgehead atoms. The van der Waals surface area contributed by atoms with E-state index < -0.39 is 5.91 Å². The molecule has 2 aromatic carbocycles. The molecule has 0 aliphatic rings. The first kappa shape index (κ1) is 12.6. The van der Waals surface area contributed by atoms with E-state index in [4.69, 9.17) is 10.5 Å². The minimum Gasteiger partial charge on any atom is -0.472 e. The zero-order chi connectivity index (χ0) is 13.9. The highest BCUT2D eigenvalue weighted by atomic mass is 32.1. The van der Waals surface area contributed by atoms with E-state index in [0.717, 1.165) is 15.6 Å². The summed E-state index contributed by atoms with van der Waals surface area (Å²) < 4.78 is 11.1. The highest BCUT2D eigenvalue weighted by Gasteiger charge is 2.07. The molecule has 0 aliphatic heterocycles. The SMILES string of the molecule is NC(=O)c1ccc(COc2nsc3ccccc23)cc1. The van der Waals surface area contributed by atoms with Crippen LogP contribution in [0, 0.1) is 0 Å². The van der Waals surface area contributed by atoms with Gasteiger partial charge in [0.15, 0.2) is 0 Å². The molecule has 100 valence electrons. The molecule has 0 radical (unpaired) electrons. The molecule has 2 N–H and O–H groups in total. The van der Waals surface area contributed by atoms with Crippen molar-refractivity contribution in [3.8, 4) is 5.88 Å². The molecule has 3 rings (SSSR count). The smallest absolute Gasteiger partial charge is 0.248 e. The number of hydrogen-bond acceptors (Lipinski definition) is 4. The number of benzene rings is 2. The van der Waals surface area contributed by atoms with Crippen molar-refractivity contribution in [2.45, 2.75) is 6.61 Å². The molecular weight excluding hydrogens is 272 g/mol. The Morgan fingerprint density at radius 3 is 2.65 bits per heavy atom. The summed E-state index contributed by atoms with van der Waals surface area (Å²) in [6, 6.07) is 15.0. The summed E-state index contributed by atoms with van der Waals surface area (Å²) in [6.07, 6.45) is 0. The summed E-state index contributed by atoms with van der Waals surface area (Å²) in [5, 5.41) is 1.02. The van der Waals surface area contributed by atoms with Gasteiger partial charge in [0.2, 0.25) is 11.8 Å². The van der Waals surface area contributed by atoms with Crippen LogP contribution >= 0.6 is 11.5 Å². The fourth-order valence-corrected chi connectivity index (χ4v) is 2.61. The van der Waals surface area contributed by atoms with Crippen LogP contribution in [0.1, 0.15) is 15.9 Å². The van der Waals surface area contributed by atoms with E-state index in [1.807, 2.05) is 36.4 Å². The normalized spacial score (nSPS) is 10.6. The molecule has 0 fully saturated rings. The minimum absolute atomic E-state index is 0.409. The molecule has 3 aromatic rings. The van der Waals surface area contributed by atoms with Crippen molar-refractivity contribution in [1.82, 2.24) is 4.37 Å². The van der Waals surface area contributed by atoms with Gasteiger partial charge in [-0.25, -0.2) is 0 Å². The number of amides is 1. The molecule has 0 unspecified atom stereocenters. The summed E-state index contributed by atoms with van der Waals surface area (Å²) in [5.41, 5.74) is 6.66. The van der Waals surface area contributed by atoms with Gasteiger partial charge in [0.1, 0.15) is 6.61 Å². The van der Waals surface area contributed by atoms with Crippen LogP contribution in [-0.4, -0.2) is 10.3 Å². The second-order valence-corrected chi connectivity index (χ2v) is 5.14. The number of fused-ring (bicyclic) bond motifs is 1. The Kier molecular flexibility index (Phi) is 3.35. The number of primary amides is 1. The number of nitrogens with two attached hydrogens (primary N) is 1. The first-order valence-electron chi connectivity index (χ1n) is 6.10. The van der Waals surface area contributed by atoms with Crippen LogP contribution in [0.15, 0.2) is 48.5 Å². The summed E-state index contributed by atoms with van der Waals surface area (Å²) in [6.45, 7) is 0.409. The molecule has 5 heteroatoms. The Hall–Kier alpha value is -2.40. The molecule has 20 heavy (non-hydrogen) atoms. The maximum atomic E-state index is 11.0. The van der Waals surface area contributed by atoms with Crippen LogP contribution in [-0.2, 0) is 6.61 Å². The van der Waals surface area contributed by atoms with Gasteiger partial charge >= 0.3 is 0 Å². The van der Waals surface area contributed by atoms with E-state index in [0.29, 0.717) is 18.1 Å². The number of carbonyl (C=O) groups is 1. The Morgan fingerprint density at radius 2 is 1.90 bits per heavy atom. The van der Waals surface area contributed by atoms with E-state index in [2.05, 4.69) is 4.37 Å². The number of aromatic nitrogens is 1. The first-order valence-corrected chi connectivity index (χ1v) is 6.87. The lowest BCUT2D eigenvalue weighted by atomic mass is 10.1. The summed E-state index contributed by atoms with van der Waals surface area (Å²) >= 11 is 1.42. The molecular formula is C15H12N2O2S. The number of rotatable bonds is 4. The topological polar surface area (TPSA) is 65.2 Å². The Labute approximate surface area is 120 Å². The van der Waals surface area contributed by atoms with Crippen molar-refractivity contribution in [2.75, 3.05) is 0 Å². The zero-order valence-electron chi connectivity index (χ0n) is 10.6. The highest BCUT2D eigenvalue weighted by Crippen LogP contribution is 2.28. The molecule has 0 aliphatic carbocycles. The number of hydrogen-bond donors (Lipinski definition) is 1. The third-order valence-corrected chi connectivity index (χ3v) is 3.77. The molecule has 0 atom stereocenters. The van der Waals surface area contributed by atoms with Crippen LogP contribution in [0.2, 0.25) is 0 Å². The standard InChI is InChI=1S/C15H12N2O2S/c16-14(18)11-7-5-10(6-8-11)9-19-15-12-3-1-2-4-13(12)20-17-15/h1-8H,9H2,(H2,16,18). The van der Waals surface area contributed by atoms with E-state index in [1.165, 1.54) is 11.5 Å². The van der Waals surface area contributed by atoms with Crippen LogP contribution < -0.4 is 10.5 Å². The van der Waals surface area contributed by atoms with Gasteiger partial charge in [0, 0.05) is 5.56 Å². The van der Waals surface area contributed by atoms with Gasteiger partial charge in [-0.3, -0.25) is 4.79 Å². The van der Waals surface area contributed by atoms with Crippen molar-refractivity contribution < 1.29 is 9.53 Å². The van der Waals surface area contributed by atoms with Gasteiger partial charge in [-0.15, -0.1) is 0 Å². The Bertz CT molecular complexity index is 750. The maximum Gasteiger partial charge on any atom is 0.248 e. The second-order valence-electron chi connectivity index (χ2n) is 4.33. The monoisotopic (exact) mass is 284 g/mol. The average molecular weight is 284 g/mol. The number of nitrogens with zero attached hydrogens (tertiary/aromatic N) is 1. The van der Waals surface area contributed by atoms with Crippen molar-refractivity contribution in [2.24, 2.45) is 5.73 Å². The quantitative estimate of drug-likeness (QED) is 0.801. The van der Waals surface area contributed by atoms with E-state index in [9.17, 15) is 4.79 Å². The lowest BCUT2D eigenvalue weighted by Crippen LogP contribution is -2.10. The van der Waals surface area contributed by atoms with E-state index in [1.54, 1.807) is 12.1 Å². The molecule has 1 amide bonds. The number of ether oxygens (including phenoxy) is 1. The van der Waals surface area contributed by atoms with E-state index in [-0.39, 0.29) is 0 Å². The van der Waals surface area contributed by atoms with Gasteiger partial charge in [-0.1, -0.05) is 24.3 Å². The predicted molar refractivity (Wildman–Crippen MR) is 78.9 cm³/mol. The van der Waals surface area contributed by atoms with Crippen LogP contribution in [0.25, 0.3) is 10.1 Å². The van der Waals surface area contributed by atoms with Crippen LogP contribution in [0.4, 0.5) is 0 Å². The molecule has 1 aromatic heterocycles. The average Bonchev–Trinajstić information content (AvgIpc) is 2.89. The van der Waals surface area contributed by atoms with Crippen LogP contribution in [0.5, 0.6) is 5.88 Å². The third-order valence-electron chi connectivity index (χ3n) is 2.96. The molecule has 0 saturated heterocycles. The highest BCUT2D eigenvalue weighted by molar-refractivity contribution is 7.13. The van der Waals surface area contributed by atoms with Crippen molar-refractivity contribution >= 4 is 27.5 Å². The van der Waals surface area contributed by atoms with Gasteiger partial charge in [-0.2, -0.15) is 4.37 Å². The zero-order valence-corrected chi connectivity index (χ0v) is 11.4. The van der Waals surface area contributed by atoms with Crippen molar-refractivity contribution in [3.63, 3.8) is 0 Å². The Balaban J connectivity index is 1.74. The minimum atomic E-state index is -0.428. The Morgan fingerprint density at radius 1 is 1.15 bits per heavy atom. The van der Waals surface area contributed by atoms with Crippen molar-refractivity contribution in [3.05, 3.63) is 59.7 Å². The van der Waals surface area contributed by atoms with Crippen LogP contribution in [0.3, 0.4) is 0 Å². The molecule has 0 spiro atoms. The molecule has 0 saturated carbocycles. The molecule has 4 nitrogen and oxygen atoms in total. The predicted octanol–water partition coefficient (Wildman–Crippen LogP) is 2.97. The largest absolute Gasteiger partial charge is 0.472 e. The fraction of sp³-hybridized carbons (Fsp3) is 0.0667. The lowest BCUT2D eigenvalue weighted by Gasteiger charge is -2.04. The first-order chi connectivity index (χ1) is 9.74. The third kappa shape index (κ3) is 2.48. The fourth-order valence-electron chi connectivity index (χ4n) is 1.88. The van der Waals surface area contributed by atoms with Crippen molar-refractivity contribution in [1.29, 1.82) is 0 Å². The van der Waals surface area contributed by atoms with Gasteiger partial charge in [-0.05, 0) is 41.4 Å². The second kappa shape index (κ2) is 5.30. The number of carbonyl (C=O) groups excluding carboxylic acids is 1. The van der Waals surface area contributed by atoms with Gasteiger partial charge < -0.3 is 10.5 Å². The lowest BCUT2D eigenvalue weighted by molar-refractivity contribution is 0.1000. The van der Waals surface area contributed by atoms with Gasteiger partial charge in [0.05, 0.1) is 10.1 Å². The van der Waals surface area contributed by atoms with Gasteiger partial charge in [0.25, 0.3) is 0 Å². The summed E-state index contributed by atoms with van der Waals surface area (Å²) in [7, 11) is 0. The van der Waals surface area contributed by atoms with E-state index >= 15 is 0 Å². The summed E-state index contributed by atoms with van der Waals surface area (Å²) in [5.74, 6) is 0.215. The maximum absolute atomic E-state index is 11.0. The summed E-state index contributed by atoms with van der Waals surface area (Å²) in [4.78, 5) is 11.0.